The highest BCUT2D eigenvalue weighted by atomic mass is 16.5. The van der Waals surface area contributed by atoms with Gasteiger partial charge in [-0.2, -0.15) is 5.26 Å². The van der Waals surface area contributed by atoms with E-state index in [1.165, 1.54) is 0 Å². The van der Waals surface area contributed by atoms with Crippen molar-refractivity contribution in [2.45, 2.75) is 13.3 Å². The van der Waals surface area contributed by atoms with E-state index in [4.69, 9.17) is 15.1 Å². The summed E-state index contributed by atoms with van der Waals surface area (Å²) in [6, 6.07) is 7.83. The number of ether oxygens (including phenoxy) is 1. The molecule has 4 nitrogen and oxygen atoms in total. The number of aliphatic hydroxyl groups excluding tert-OH is 1. The number of hydrogen-bond donors (Lipinski definition) is 2. The summed E-state index contributed by atoms with van der Waals surface area (Å²) in [6.45, 7) is 3.85. The second-order valence-corrected chi connectivity index (χ2v) is 3.76. The normalized spacial score (nSPS) is 9.94. The predicted octanol–water partition coefficient (Wildman–Crippen LogP) is 1.68. The van der Waals surface area contributed by atoms with E-state index in [1.807, 2.05) is 25.1 Å². The van der Waals surface area contributed by atoms with Crippen LogP contribution in [0.4, 0.5) is 5.69 Å². The van der Waals surface area contributed by atoms with Crippen molar-refractivity contribution in [2.75, 3.05) is 31.7 Å². The van der Waals surface area contributed by atoms with Gasteiger partial charge in [-0.1, -0.05) is 0 Å². The molecular formula is C13H18N2O2. The second kappa shape index (κ2) is 7.66. The molecule has 1 rings (SSSR count). The van der Waals surface area contributed by atoms with E-state index in [1.54, 1.807) is 0 Å². The number of benzene rings is 1. The fourth-order valence-corrected chi connectivity index (χ4v) is 1.47. The van der Waals surface area contributed by atoms with Crippen molar-refractivity contribution < 1.29 is 9.84 Å². The Morgan fingerprint density at radius 2 is 2.24 bits per heavy atom. The summed E-state index contributed by atoms with van der Waals surface area (Å²) >= 11 is 0. The van der Waals surface area contributed by atoms with Crippen molar-refractivity contribution in [3.05, 3.63) is 29.3 Å². The topological polar surface area (TPSA) is 65.3 Å². The van der Waals surface area contributed by atoms with Crippen LogP contribution in [0.15, 0.2) is 18.2 Å². The summed E-state index contributed by atoms with van der Waals surface area (Å²) in [4.78, 5) is 0. The lowest BCUT2D eigenvalue weighted by atomic mass is 10.1. The number of rotatable bonds is 7. The van der Waals surface area contributed by atoms with E-state index in [0.29, 0.717) is 18.8 Å². The molecule has 0 bridgehead atoms. The van der Waals surface area contributed by atoms with Crippen molar-refractivity contribution in [3.63, 3.8) is 0 Å². The van der Waals surface area contributed by atoms with Crippen LogP contribution in [0, 0.1) is 18.3 Å². The number of aliphatic hydroxyl groups is 1. The lowest BCUT2D eigenvalue weighted by Gasteiger charge is -2.08. The summed E-state index contributed by atoms with van der Waals surface area (Å²) in [6.07, 6.45) is 0.888. The van der Waals surface area contributed by atoms with E-state index < -0.39 is 0 Å². The SMILES string of the molecule is Cc1cc(NCCCOCCO)ccc1C#N. The summed E-state index contributed by atoms with van der Waals surface area (Å²) in [5.41, 5.74) is 2.71. The molecule has 0 aliphatic carbocycles. The third-order valence-corrected chi connectivity index (χ3v) is 2.38. The van der Waals surface area contributed by atoms with Gasteiger partial charge in [0.2, 0.25) is 0 Å². The molecule has 0 aliphatic heterocycles. The molecule has 0 aromatic heterocycles. The van der Waals surface area contributed by atoms with Gasteiger partial charge in [-0.25, -0.2) is 0 Å². The van der Waals surface area contributed by atoms with Crippen molar-refractivity contribution in [2.24, 2.45) is 0 Å². The number of aryl methyl sites for hydroxylation is 1. The van der Waals surface area contributed by atoms with Crippen LogP contribution in [0.3, 0.4) is 0 Å². The van der Waals surface area contributed by atoms with Crippen LogP contribution in [0.25, 0.3) is 0 Å². The minimum absolute atomic E-state index is 0.0717. The molecule has 0 saturated heterocycles. The number of nitrogens with one attached hydrogen (secondary N) is 1. The lowest BCUT2D eigenvalue weighted by Crippen LogP contribution is -2.07. The molecule has 1 aromatic rings. The van der Waals surface area contributed by atoms with Crippen LogP contribution in [0.5, 0.6) is 0 Å². The highest BCUT2D eigenvalue weighted by molar-refractivity contribution is 5.51. The average molecular weight is 234 g/mol. The number of hydrogen-bond acceptors (Lipinski definition) is 4. The zero-order valence-electron chi connectivity index (χ0n) is 10.1. The molecule has 0 saturated carbocycles. The molecule has 17 heavy (non-hydrogen) atoms. The van der Waals surface area contributed by atoms with Gasteiger partial charge in [0, 0.05) is 18.8 Å². The van der Waals surface area contributed by atoms with E-state index in [-0.39, 0.29) is 6.61 Å². The lowest BCUT2D eigenvalue weighted by molar-refractivity contribution is 0.0922. The molecule has 4 heteroatoms. The van der Waals surface area contributed by atoms with Gasteiger partial charge in [0.05, 0.1) is 24.8 Å². The Morgan fingerprint density at radius 1 is 1.41 bits per heavy atom. The molecule has 92 valence electrons. The van der Waals surface area contributed by atoms with Crippen molar-refractivity contribution in [1.29, 1.82) is 5.26 Å². The maximum absolute atomic E-state index is 8.80. The van der Waals surface area contributed by atoms with E-state index in [9.17, 15) is 0 Å². The van der Waals surface area contributed by atoms with Gasteiger partial charge in [0.15, 0.2) is 0 Å². The maximum atomic E-state index is 8.80. The summed E-state index contributed by atoms with van der Waals surface area (Å²) in [5.74, 6) is 0. The van der Waals surface area contributed by atoms with Gasteiger partial charge < -0.3 is 15.2 Å². The Labute approximate surface area is 102 Å². The first-order valence-corrected chi connectivity index (χ1v) is 5.71. The minimum atomic E-state index is 0.0717. The molecule has 0 radical (unpaired) electrons. The third kappa shape index (κ3) is 4.85. The second-order valence-electron chi connectivity index (χ2n) is 3.76. The highest BCUT2D eigenvalue weighted by Gasteiger charge is 1.98. The standard InChI is InChI=1S/C13H18N2O2/c1-11-9-13(4-3-12(11)10-14)15-5-2-7-17-8-6-16/h3-4,9,15-16H,2,5-8H2,1H3. The Kier molecular flexibility index (Phi) is 6.08. The number of anilines is 1. The summed E-state index contributed by atoms with van der Waals surface area (Å²) in [7, 11) is 0. The first-order chi connectivity index (χ1) is 8.27. The Hall–Kier alpha value is -1.57. The molecule has 0 heterocycles. The Morgan fingerprint density at radius 3 is 2.88 bits per heavy atom. The van der Waals surface area contributed by atoms with Crippen molar-refractivity contribution in [3.8, 4) is 6.07 Å². The fraction of sp³-hybridized carbons (Fsp3) is 0.462. The molecule has 2 N–H and O–H groups in total. The summed E-state index contributed by atoms with van der Waals surface area (Å²) in [5, 5.41) is 20.6. The van der Waals surface area contributed by atoms with E-state index in [2.05, 4.69) is 11.4 Å². The third-order valence-electron chi connectivity index (χ3n) is 2.38. The monoisotopic (exact) mass is 234 g/mol. The van der Waals surface area contributed by atoms with Gasteiger partial charge in [-0.05, 0) is 37.1 Å². The maximum Gasteiger partial charge on any atom is 0.0994 e. The highest BCUT2D eigenvalue weighted by Crippen LogP contribution is 2.14. The first-order valence-electron chi connectivity index (χ1n) is 5.71. The van der Waals surface area contributed by atoms with E-state index in [0.717, 1.165) is 24.2 Å². The van der Waals surface area contributed by atoms with Gasteiger partial charge in [0.1, 0.15) is 0 Å². The van der Waals surface area contributed by atoms with Crippen molar-refractivity contribution >= 4 is 5.69 Å². The molecule has 0 amide bonds. The quantitative estimate of drug-likeness (QED) is 0.704. The van der Waals surface area contributed by atoms with Crippen LogP contribution < -0.4 is 5.32 Å². The first kappa shape index (κ1) is 13.5. The zero-order chi connectivity index (χ0) is 12.5. The fourth-order valence-electron chi connectivity index (χ4n) is 1.47. The minimum Gasteiger partial charge on any atom is -0.394 e. The molecular weight excluding hydrogens is 216 g/mol. The van der Waals surface area contributed by atoms with Crippen LogP contribution >= 0.6 is 0 Å². The van der Waals surface area contributed by atoms with Gasteiger partial charge in [0.25, 0.3) is 0 Å². The van der Waals surface area contributed by atoms with E-state index >= 15 is 0 Å². The summed E-state index contributed by atoms with van der Waals surface area (Å²) < 4.78 is 5.15. The van der Waals surface area contributed by atoms with Crippen LogP contribution in [0.2, 0.25) is 0 Å². The Balaban J connectivity index is 2.28. The average Bonchev–Trinajstić information content (AvgIpc) is 2.34. The molecule has 0 fully saturated rings. The molecule has 1 aromatic carbocycles. The molecule has 0 unspecified atom stereocenters. The Bertz CT molecular complexity index is 385. The van der Waals surface area contributed by atoms with Crippen molar-refractivity contribution in [1.82, 2.24) is 0 Å². The molecule has 0 aliphatic rings. The zero-order valence-corrected chi connectivity index (χ0v) is 10.1. The largest absolute Gasteiger partial charge is 0.394 e. The van der Waals surface area contributed by atoms with Crippen LogP contribution in [-0.2, 0) is 4.74 Å². The number of nitrogens with zero attached hydrogens (tertiary/aromatic N) is 1. The molecule has 0 atom stereocenters. The smallest absolute Gasteiger partial charge is 0.0994 e. The number of nitriles is 1. The van der Waals surface area contributed by atoms with Gasteiger partial charge in [-0.3, -0.25) is 0 Å². The van der Waals surface area contributed by atoms with Crippen LogP contribution in [0.1, 0.15) is 17.5 Å². The van der Waals surface area contributed by atoms with Gasteiger partial charge in [-0.15, -0.1) is 0 Å². The van der Waals surface area contributed by atoms with Gasteiger partial charge >= 0.3 is 0 Å². The van der Waals surface area contributed by atoms with Crippen LogP contribution in [-0.4, -0.2) is 31.5 Å². The molecule has 0 spiro atoms. The predicted molar refractivity (Wildman–Crippen MR) is 66.9 cm³/mol.